The van der Waals surface area contributed by atoms with Crippen LogP contribution in [-0.4, -0.2) is 0 Å². The molecule has 0 N–H and O–H groups in total. The number of hydrogen-bond acceptors (Lipinski definition) is 2. The molecule has 8 aliphatic carbocycles. The summed E-state index contributed by atoms with van der Waals surface area (Å²) in [5.41, 5.74) is 14.6. The zero-order valence-corrected chi connectivity index (χ0v) is 33.6. The molecule has 1 heterocycles. The molecule has 7 aromatic rings. The van der Waals surface area contributed by atoms with Crippen molar-refractivity contribution in [3.8, 4) is 22.3 Å². The quantitative estimate of drug-likeness (QED) is 0.161. The SMILES string of the molecule is c1ccc(-c2ccc(N(c3ccc(-c4cccc(C56CC7CC(CC(C7)C5)C6)c4)c(C45CC6CC(CC(C6)C4)C5)c3)c3cccc4c3oc3ccccc34)cc2)cc1. The fraction of sp³-hybridized carbons (Fsp3) is 0.357. The van der Waals surface area contributed by atoms with Gasteiger partial charge >= 0.3 is 0 Å². The minimum Gasteiger partial charge on any atom is -0.454 e. The van der Waals surface area contributed by atoms with E-state index in [-0.39, 0.29) is 5.41 Å². The largest absolute Gasteiger partial charge is 0.454 e. The molecule has 2 heteroatoms. The van der Waals surface area contributed by atoms with Gasteiger partial charge in [0.1, 0.15) is 5.58 Å². The number of hydrogen-bond donors (Lipinski definition) is 0. The van der Waals surface area contributed by atoms with Gasteiger partial charge in [0.05, 0.1) is 5.69 Å². The third kappa shape index (κ3) is 5.29. The van der Waals surface area contributed by atoms with Crippen molar-refractivity contribution in [1.29, 1.82) is 0 Å². The molecule has 8 aliphatic rings. The van der Waals surface area contributed by atoms with Crippen molar-refractivity contribution in [1.82, 2.24) is 0 Å². The fourth-order valence-corrected chi connectivity index (χ4v) is 15.1. The third-order valence-corrected chi connectivity index (χ3v) is 16.6. The van der Waals surface area contributed by atoms with Crippen LogP contribution < -0.4 is 4.90 Å². The number of fused-ring (bicyclic) bond motifs is 3. The van der Waals surface area contributed by atoms with Gasteiger partial charge < -0.3 is 9.32 Å². The topological polar surface area (TPSA) is 16.4 Å². The van der Waals surface area contributed by atoms with Gasteiger partial charge in [0.25, 0.3) is 0 Å². The molecule has 0 aliphatic heterocycles. The second-order valence-corrected chi connectivity index (χ2v) is 20.2. The van der Waals surface area contributed by atoms with Crippen molar-refractivity contribution in [2.75, 3.05) is 4.90 Å². The molecule has 8 saturated carbocycles. The van der Waals surface area contributed by atoms with Gasteiger partial charge in [0.15, 0.2) is 5.58 Å². The first-order chi connectivity index (χ1) is 28.5. The van der Waals surface area contributed by atoms with Crippen LogP contribution >= 0.6 is 0 Å². The molecule has 0 spiro atoms. The number of anilines is 3. The van der Waals surface area contributed by atoms with Crippen LogP contribution in [0.25, 0.3) is 44.2 Å². The third-order valence-electron chi connectivity index (χ3n) is 16.6. The van der Waals surface area contributed by atoms with E-state index in [9.17, 15) is 0 Å². The Morgan fingerprint density at radius 1 is 0.431 bits per heavy atom. The minimum atomic E-state index is 0.227. The minimum absolute atomic E-state index is 0.227. The molecular formula is C56H53NO. The fourth-order valence-electron chi connectivity index (χ4n) is 15.1. The normalized spacial score (nSPS) is 30.4. The van der Waals surface area contributed by atoms with E-state index in [0.29, 0.717) is 5.41 Å². The summed E-state index contributed by atoms with van der Waals surface area (Å²) in [4.78, 5) is 2.50. The number of para-hydroxylation sites is 2. The molecule has 8 bridgehead atoms. The second-order valence-electron chi connectivity index (χ2n) is 20.2. The molecule has 1 aromatic heterocycles. The van der Waals surface area contributed by atoms with Crippen molar-refractivity contribution in [2.45, 2.75) is 87.9 Å². The van der Waals surface area contributed by atoms with Crippen LogP contribution in [0.5, 0.6) is 0 Å². The zero-order chi connectivity index (χ0) is 38.0. The Morgan fingerprint density at radius 2 is 0.983 bits per heavy atom. The highest BCUT2D eigenvalue weighted by Gasteiger charge is 2.53. The molecule has 0 saturated heterocycles. The maximum Gasteiger partial charge on any atom is 0.159 e. The molecule has 0 atom stereocenters. The summed E-state index contributed by atoms with van der Waals surface area (Å²) in [6, 6.07) is 52.9. The van der Waals surface area contributed by atoms with E-state index in [1.54, 1.807) is 11.1 Å². The van der Waals surface area contributed by atoms with Gasteiger partial charge in [-0.25, -0.2) is 0 Å². The summed E-state index contributed by atoms with van der Waals surface area (Å²) in [6.45, 7) is 0. The Labute approximate surface area is 343 Å². The molecule has 0 unspecified atom stereocenters. The van der Waals surface area contributed by atoms with Crippen LogP contribution in [0.2, 0.25) is 0 Å². The lowest BCUT2D eigenvalue weighted by molar-refractivity contribution is -0.00520. The van der Waals surface area contributed by atoms with Gasteiger partial charge in [-0.3, -0.25) is 0 Å². The van der Waals surface area contributed by atoms with Crippen LogP contribution in [0.1, 0.15) is 88.2 Å². The molecule has 2 nitrogen and oxygen atoms in total. The molecule has 58 heavy (non-hydrogen) atoms. The van der Waals surface area contributed by atoms with E-state index in [1.165, 1.54) is 116 Å². The molecule has 0 radical (unpaired) electrons. The highest BCUT2D eigenvalue weighted by molar-refractivity contribution is 6.10. The molecular weight excluding hydrogens is 703 g/mol. The van der Waals surface area contributed by atoms with E-state index >= 15 is 0 Å². The van der Waals surface area contributed by atoms with E-state index in [1.807, 2.05) is 0 Å². The van der Waals surface area contributed by atoms with E-state index in [0.717, 1.165) is 58.0 Å². The van der Waals surface area contributed by atoms with E-state index in [4.69, 9.17) is 4.42 Å². The average molecular weight is 756 g/mol. The van der Waals surface area contributed by atoms with Crippen molar-refractivity contribution in [2.24, 2.45) is 35.5 Å². The lowest BCUT2D eigenvalue weighted by Gasteiger charge is -2.57. The number of furan rings is 1. The van der Waals surface area contributed by atoms with E-state index < -0.39 is 0 Å². The summed E-state index contributed by atoms with van der Waals surface area (Å²) >= 11 is 0. The molecule has 15 rings (SSSR count). The first kappa shape index (κ1) is 33.8. The van der Waals surface area contributed by atoms with Crippen molar-refractivity contribution < 1.29 is 4.42 Å². The van der Waals surface area contributed by atoms with Crippen molar-refractivity contribution >= 4 is 39.0 Å². The summed E-state index contributed by atoms with van der Waals surface area (Å²) in [7, 11) is 0. The summed E-state index contributed by atoms with van der Waals surface area (Å²) < 4.78 is 6.80. The van der Waals surface area contributed by atoms with Crippen LogP contribution in [0.3, 0.4) is 0 Å². The number of nitrogens with zero attached hydrogens (tertiary/aromatic N) is 1. The zero-order valence-electron chi connectivity index (χ0n) is 33.6. The predicted molar refractivity (Wildman–Crippen MR) is 239 cm³/mol. The van der Waals surface area contributed by atoms with Crippen LogP contribution in [0.4, 0.5) is 17.1 Å². The molecule has 8 fully saturated rings. The second kappa shape index (κ2) is 12.7. The number of rotatable bonds is 7. The maximum atomic E-state index is 6.80. The predicted octanol–water partition coefficient (Wildman–Crippen LogP) is 15.3. The number of benzene rings is 6. The van der Waals surface area contributed by atoms with Gasteiger partial charge in [-0.1, -0.05) is 103 Å². The van der Waals surface area contributed by atoms with Crippen LogP contribution in [-0.2, 0) is 10.8 Å². The smallest absolute Gasteiger partial charge is 0.159 e. The maximum absolute atomic E-state index is 6.80. The van der Waals surface area contributed by atoms with Gasteiger partial charge in [-0.05, 0) is 193 Å². The summed E-state index contributed by atoms with van der Waals surface area (Å²) in [5.74, 6) is 5.44. The van der Waals surface area contributed by atoms with Gasteiger partial charge in [-0.2, -0.15) is 0 Å². The highest BCUT2D eigenvalue weighted by atomic mass is 16.3. The molecule has 0 amide bonds. The van der Waals surface area contributed by atoms with Crippen LogP contribution in [0, 0.1) is 35.5 Å². The Morgan fingerprint density at radius 3 is 1.67 bits per heavy atom. The first-order valence-corrected chi connectivity index (χ1v) is 22.7. The molecule has 6 aromatic carbocycles. The first-order valence-electron chi connectivity index (χ1n) is 22.7. The van der Waals surface area contributed by atoms with Gasteiger partial charge in [0, 0.05) is 22.1 Å². The standard InChI is InChI=1S/C56H53NO/c1-2-8-42(9-3-1)43-16-18-46(19-17-43)57(52-14-7-13-50-49-12-4-5-15-53(49)58-54(50)52)47-20-21-48(51(29-47)56-33-39-25-40(34-56)27-41(26-39)35-56)44-10-6-11-45(28-44)55-30-36-22-37(31-55)24-38(23-36)32-55/h1-21,28-29,36-41H,22-27,30-35H2. The highest BCUT2D eigenvalue weighted by Crippen LogP contribution is 2.64. The van der Waals surface area contributed by atoms with E-state index in [2.05, 4.69) is 144 Å². The Bertz CT molecular complexity index is 2630. The van der Waals surface area contributed by atoms with Crippen molar-refractivity contribution in [3.05, 3.63) is 151 Å². The van der Waals surface area contributed by atoms with Crippen molar-refractivity contribution in [3.63, 3.8) is 0 Å². The Balaban J connectivity index is 0.998. The molecule has 288 valence electrons. The summed E-state index contributed by atoms with van der Waals surface area (Å²) in [5, 5.41) is 2.33. The summed E-state index contributed by atoms with van der Waals surface area (Å²) in [6.07, 6.45) is 17.1. The van der Waals surface area contributed by atoms with Gasteiger partial charge in [0.2, 0.25) is 0 Å². The lowest BCUT2D eigenvalue weighted by Crippen LogP contribution is -2.49. The monoisotopic (exact) mass is 755 g/mol. The Kier molecular flexibility index (Phi) is 7.42. The average Bonchev–Trinajstić information content (AvgIpc) is 3.63. The van der Waals surface area contributed by atoms with Crippen LogP contribution in [0.15, 0.2) is 144 Å². The van der Waals surface area contributed by atoms with Gasteiger partial charge in [-0.15, -0.1) is 0 Å². The Hall–Kier alpha value is -5.08. The lowest BCUT2D eigenvalue weighted by atomic mass is 9.47.